The van der Waals surface area contributed by atoms with Gasteiger partial charge in [0.15, 0.2) is 0 Å². The number of thiophene rings is 1. The minimum atomic E-state index is -5.08. The Morgan fingerprint density at radius 1 is 1.50 bits per heavy atom. The third-order valence-corrected chi connectivity index (χ3v) is 4.89. The lowest BCUT2D eigenvalue weighted by molar-refractivity contribution is -0.192. The molecule has 0 unspecified atom stereocenters. The van der Waals surface area contributed by atoms with Crippen LogP contribution in [0.1, 0.15) is 18.4 Å². The lowest BCUT2D eigenvalue weighted by atomic mass is 10.1. The summed E-state index contributed by atoms with van der Waals surface area (Å²) < 4.78 is 43.1. The lowest BCUT2D eigenvalue weighted by Gasteiger charge is -2.38. The zero-order chi connectivity index (χ0) is 17.7. The third kappa shape index (κ3) is 4.92. The number of morpholine rings is 1. The third-order valence-electron chi connectivity index (χ3n) is 4.16. The molecule has 2 heterocycles. The Bertz CT molecular complexity index is 523. The number of nitrogens with zero attached hydrogens (tertiary/aromatic N) is 1. The van der Waals surface area contributed by atoms with Gasteiger partial charge in [0.05, 0.1) is 18.8 Å². The summed E-state index contributed by atoms with van der Waals surface area (Å²) in [6, 6.07) is 2.77. The van der Waals surface area contributed by atoms with Crippen LogP contribution < -0.4 is 0 Å². The van der Waals surface area contributed by atoms with Gasteiger partial charge in [-0.1, -0.05) is 0 Å². The molecule has 24 heavy (non-hydrogen) atoms. The SMILES string of the molecule is CO[C@H]1CC[C@H]2[C@H]1OCCN2Cc1ccsc1.O=C(O)C(F)(F)F. The first-order valence-electron chi connectivity index (χ1n) is 7.52. The highest BCUT2D eigenvalue weighted by Gasteiger charge is 2.42. The molecule has 1 saturated heterocycles. The second-order valence-electron chi connectivity index (χ2n) is 5.66. The molecule has 3 atom stereocenters. The molecule has 1 aromatic rings. The average Bonchev–Trinajstić information content (AvgIpc) is 3.16. The molecule has 3 rings (SSSR count). The van der Waals surface area contributed by atoms with Gasteiger partial charge in [-0.05, 0) is 35.2 Å². The molecule has 0 amide bonds. The number of ether oxygens (including phenoxy) is 2. The Hall–Kier alpha value is -1.16. The molecule has 0 bridgehead atoms. The van der Waals surface area contributed by atoms with Crippen LogP contribution in [0.25, 0.3) is 0 Å². The topological polar surface area (TPSA) is 59.0 Å². The van der Waals surface area contributed by atoms with Gasteiger partial charge in [0.25, 0.3) is 0 Å². The van der Waals surface area contributed by atoms with Gasteiger partial charge in [0.2, 0.25) is 0 Å². The monoisotopic (exact) mass is 367 g/mol. The lowest BCUT2D eigenvalue weighted by Crippen LogP contribution is -2.51. The van der Waals surface area contributed by atoms with Crippen molar-refractivity contribution in [2.45, 2.75) is 43.8 Å². The van der Waals surface area contributed by atoms with Crippen LogP contribution in [0.5, 0.6) is 0 Å². The van der Waals surface area contributed by atoms with Crippen molar-refractivity contribution in [3.63, 3.8) is 0 Å². The number of methoxy groups -OCH3 is 1. The highest BCUT2D eigenvalue weighted by Crippen LogP contribution is 2.32. The van der Waals surface area contributed by atoms with Crippen molar-refractivity contribution in [3.05, 3.63) is 22.4 Å². The van der Waals surface area contributed by atoms with Gasteiger partial charge in [-0.2, -0.15) is 24.5 Å². The minimum absolute atomic E-state index is 0.285. The van der Waals surface area contributed by atoms with Crippen LogP contribution in [0.3, 0.4) is 0 Å². The first kappa shape index (κ1) is 19.2. The fraction of sp³-hybridized carbons (Fsp3) is 0.667. The van der Waals surface area contributed by atoms with Crippen LogP contribution in [0.2, 0.25) is 0 Å². The molecular weight excluding hydrogens is 347 g/mol. The van der Waals surface area contributed by atoms with E-state index >= 15 is 0 Å². The largest absolute Gasteiger partial charge is 0.490 e. The zero-order valence-corrected chi connectivity index (χ0v) is 14.0. The van der Waals surface area contributed by atoms with E-state index in [0.29, 0.717) is 12.1 Å². The molecule has 0 spiro atoms. The molecule has 1 aromatic heterocycles. The summed E-state index contributed by atoms with van der Waals surface area (Å²) in [4.78, 5) is 11.5. The summed E-state index contributed by atoms with van der Waals surface area (Å²) >= 11 is 1.78. The number of rotatable bonds is 3. The van der Waals surface area contributed by atoms with Crippen molar-refractivity contribution in [2.24, 2.45) is 0 Å². The van der Waals surface area contributed by atoms with Crippen molar-refractivity contribution in [1.82, 2.24) is 4.90 Å². The van der Waals surface area contributed by atoms with Crippen LogP contribution in [0.15, 0.2) is 16.8 Å². The van der Waals surface area contributed by atoms with Gasteiger partial charge in [-0.3, -0.25) is 4.90 Å². The normalized spacial score (nSPS) is 27.2. The van der Waals surface area contributed by atoms with Gasteiger partial charge < -0.3 is 14.6 Å². The number of aliphatic carboxylic acids is 1. The highest BCUT2D eigenvalue weighted by atomic mass is 32.1. The zero-order valence-electron chi connectivity index (χ0n) is 13.2. The predicted molar refractivity (Wildman–Crippen MR) is 82.0 cm³/mol. The van der Waals surface area contributed by atoms with Gasteiger partial charge in [0, 0.05) is 26.2 Å². The van der Waals surface area contributed by atoms with Crippen molar-refractivity contribution in [2.75, 3.05) is 20.3 Å². The van der Waals surface area contributed by atoms with Crippen LogP contribution >= 0.6 is 11.3 Å². The van der Waals surface area contributed by atoms with E-state index in [1.54, 1.807) is 18.4 Å². The van der Waals surface area contributed by atoms with Crippen LogP contribution in [-0.4, -0.2) is 60.7 Å². The van der Waals surface area contributed by atoms with Gasteiger partial charge in [0.1, 0.15) is 0 Å². The molecule has 1 aliphatic heterocycles. The molecule has 0 radical (unpaired) electrons. The second kappa shape index (κ2) is 8.28. The second-order valence-corrected chi connectivity index (χ2v) is 6.44. The smallest absolute Gasteiger partial charge is 0.475 e. The summed E-state index contributed by atoms with van der Waals surface area (Å²) in [5.41, 5.74) is 1.43. The Kier molecular flexibility index (Phi) is 6.62. The standard InChI is InChI=1S/C13H19NO2S.C2HF3O2/c1-15-12-3-2-11-13(12)16-6-5-14(11)8-10-4-7-17-9-10;3-2(4,5)1(6)7/h4,7,9,11-13H,2-3,5-6,8H2,1H3;(H,6,7)/t11-,12-,13+;/m0./s1. The van der Waals surface area contributed by atoms with E-state index < -0.39 is 12.1 Å². The summed E-state index contributed by atoms with van der Waals surface area (Å²) in [6.45, 7) is 2.95. The van der Waals surface area contributed by atoms with E-state index in [9.17, 15) is 13.2 Å². The number of carbonyl (C=O) groups is 1. The summed E-state index contributed by atoms with van der Waals surface area (Å²) in [7, 11) is 1.80. The maximum atomic E-state index is 10.6. The van der Waals surface area contributed by atoms with E-state index in [4.69, 9.17) is 19.4 Å². The number of carboxylic acid groups (broad SMARTS) is 1. The molecule has 1 aliphatic carbocycles. The van der Waals surface area contributed by atoms with E-state index in [1.807, 2.05) is 0 Å². The van der Waals surface area contributed by atoms with Crippen molar-refractivity contribution in [1.29, 1.82) is 0 Å². The van der Waals surface area contributed by atoms with Crippen molar-refractivity contribution in [3.8, 4) is 0 Å². The summed E-state index contributed by atoms with van der Waals surface area (Å²) in [5, 5.41) is 11.5. The molecule has 0 aromatic carbocycles. The van der Waals surface area contributed by atoms with E-state index in [0.717, 1.165) is 26.1 Å². The molecular formula is C15H20F3NO4S. The Morgan fingerprint density at radius 3 is 2.75 bits per heavy atom. The van der Waals surface area contributed by atoms with Crippen molar-refractivity contribution >= 4 is 17.3 Å². The fourth-order valence-corrected chi connectivity index (χ4v) is 3.72. The highest BCUT2D eigenvalue weighted by molar-refractivity contribution is 7.07. The number of carboxylic acids is 1. The van der Waals surface area contributed by atoms with E-state index in [2.05, 4.69) is 21.7 Å². The summed E-state index contributed by atoms with van der Waals surface area (Å²) in [5.74, 6) is -2.76. The maximum absolute atomic E-state index is 10.6. The first-order valence-corrected chi connectivity index (χ1v) is 8.47. The Morgan fingerprint density at radius 2 is 2.21 bits per heavy atom. The molecule has 2 fully saturated rings. The van der Waals surface area contributed by atoms with Gasteiger partial charge in [-0.15, -0.1) is 0 Å². The number of hydrogen-bond acceptors (Lipinski definition) is 5. The molecule has 9 heteroatoms. The molecule has 1 saturated carbocycles. The average molecular weight is 367 g/mol. The minimum Gasteiger partial charge on any atom is -0.475 e. The number of fused-ring (bicyclic) bond motifs is 1. The number of hydrogen-bond donors (Lipinski definition) is 1. The predicted octanol–water partition coefficient (Wildman–Crippen LogP) is 2.76. The van der Waals surface area contributed by atoms with Crippen LogP contribution in [0.4, 0.5) is 13.2 Å². The fourth-order valence-electron chi connectivity index (χ4n) is 3.06. The Balaban J connectivity index is 0.000000256. The van der Waals surface area contributed by atoms with Crippen LogP contribution in [-0.2, 0) is 20.8 Å². The number of alkyl halides is 3. The van der Waals surface area contributed by atoms with Gasteiger partial charge in [-0.25, -0.2) is 4.79 Å². The Labute approximate surface area is 142 Å². The summed E-state index contributed by atoms with van der Waals surface area (Å²) in [6.07, 6.45) is -2.17. The quantitative estimate of drug-likeness (QED) is 0.890. The first-order chi connectivity index (χ1) is 11.3. The van der Waals surface area contributed by atoms with E-state index in [1.165, 1.54) is 12.0 Å². The van der Waals surface area contributed by atoms with Crippen molar-refractivity contribution < 1.29 is 32.5 Å². The molecule has 1 N–H and O–H groups in total. The van der Waals surface area contributed by atoms with Gasteiger partial charge >= 0.3 is 12.1 Å². The molecule has 136 valence electrons. The number of halogens is 3. The molecule has 2 aliphatic rings. The maximum Gasteiger partial charge on any atom is 0.490 e. The van der Waals surface area contributed by atoms with E-state index in [-0.39, 0.29) is 6.10 Å². The molecule has 5 nitrogen and oxygen atoms in total. The van der Waals surface area contributed by atoms with Crippen LogP contribution in [0, 0.1) is 0 Å².